The summed E-state index contributed by atoms with van der Waals surface area (Å²) < 4.78 is 5.59. The van der Waals surface area contributed by atoms with E-state index in [0.717, 1.165) is 19.4 Å². The summed E-state index contributed by atoms with van der Waals surface area (Å²) in [6.45, 7) is 3.02. The maximum atomic E-state index is 12.5. The van der Waals surface area contributed by atoms with E-state index in [1.54, 1.807) is 23.1 Å². The Bertz CT molecular complexity index is 626. The summed E-state index contributed by atoms with van der Waals surface area (Å²) in [5, 5.41) is 3.91. The van der Waals surface area contributed by atoms with Crippen molar-refractivity contribution in [2.75, 3.05) is 18.1 Å². The third kappa shape index (κ3) is 3.85. The van der Waals surface area contributed by atoms with Crippen molar-refractivity contribution in [1.82, 2.24) is 5.32 Å². The number of hydrogen-bond acceptors (Lipinski definition) is 3. The van der Waals surface area contributed by atoms with Crippen molar-refractivity contribution in [3.8, 4) is 0 Å². The van der Waals surface area contributed by atoms with Crippen LogP contribution in [0, 0.1) is 5.92 Å². The SMILES string of the molecule is C[C@H](NC(=O)[C@@H]1CC(=O)N(c2cc(Cl)cc(Cl)c2)C1)[C@H]1CCCO1. The first-order chi connectivity index (χ1) is 11.4. The first-order valence-electron chi connectivity index (χ1n) is 8.12. The Morgan fingerprint density at radius 2 is 2.04 bits per heavy atom. The number of ether oxygens (including phenoxy) is 1. The van der Waals surface area contributed by atoms with Gasteiger partial charge in [0.1, 0.15) is 0 Å². The number of halogens is 2. The molecule has 0 saturated carbocycles. The lowest BCUT2D eigenvalue weighted by molar-refractivity contribution is -0.127. The fourth-order valence-electron chi connectivity index (χ4n) is 3.26. The summed E-state index contributed by atoms with van der Waals surface area (Å²) in [7, 11) is 0. The molecule has 2 aliphatic heterocycles. The number of carbonyl (C=O) groups excluding carboxylic acids is 2. The molecule has 2 saturated heterocycles. The fraction of sp³-hybridized carbons (Fsp3) is 0.529. The van der Waals surface area contributed by atoms with Gasteiger partial charge in [-0.05, 0) is 38.0 Å². The van der Waals surface area contributed by atoms with E-state index in [1.807, 2.05) is 6.92 Å². The Morgan fingerprint density at radius 1 is 1.33 bits per heavy atom. The predicted octanol–water partition coefficient (Wildman–Crippen LogP) is 3.03. The topological polar surface area (TPSA) is 58.6 Å². The van der Waals surface area contributed by atoms with E-state index in [4.69, 9.17) is 27.9 Å². The summed E-state index contributed by atoms with van der Waals surface area (Å²) in [5.74, 6) is -0.584. The monoisotopic (exact) mass is 370 g/mol. The van der Waals surface area contributed by atoms with Gasteiger partial charge in [0.25, 0.3) is 0 Å². The number of anilines is 1. The van der Waals surface area contributed by atoms with Crippen LogP contribution in [0.4, 0.5) is 5.69 Å². The molecule has 130 valence electrons. The summed E-state index contributed by atoms with van der Waals surface area (Å²) in [6, 6.07) is 4.92. The molecule has 3 atom stereocenters. The summed E-state index contributed by atoms with van der Waals surface area (Å²) in [6.07, 6.45) is 2.23. The van der Waals surface area contributed by atoms with Crippen molar-refractivity contribution in [2.24, 2.45) is 5.92 Å². The minimum atomic E-state index is -0.376. The molecule has 1 N–H and O–H groups in total. The van der Waals surface area contributed by atoms with E-state index in [0.29, 0.717) is 22.3 Å². The highest BCUT2D eigenvalue weighted by Crippen LogP contribution is 2.30. The smallest absolute Gasteiger partial charge is 0.227 e. The molecule has 2 fully saturated rings. The highest BCUT2D eigenvalue weighted by molar-refractivity contribution is 6.35. The minimum absolute atomic E-state index is 0.0511. The molecule has 2 amide bonds. The number of nitrogens with one attached hydrogen (secondary N) is 1. The minimum Gasteiger partial charge on any atom is -0.376 e. The molecule has 0 bridgehead atoms. The number of hydrogen-bond donors (Lipinski definition) is 1. The lowest BCUT2D eigenvalue weighted by Gasteiger charge is -2.22. The maximum absolute atomic E-state index is 12.5. The van der Waals surface area contributed by atoms with E-state index in [2.05, 4.69) is 5.32 Å². The predicted molar refractivity (Wildman–Crippen MR) is 93.5 cm³/mol. The molecule has 0 aromatic heterocycles. The van der Waals surface area contributed by atoms with E-state index >= 15 is 0 Å². The van der Waals surface area contributed by atoms with Crippen LogP contribution in [0.1, 0.15) is 26.2 Å². The van der Waals surface area contributed by atoms with E-state index in [-0.39, 0.29) is 36.3 Å². The van der Waals surface area contributed by atoms with Crippen LogP contribution in [0.2, 0.25) is 10.0 Å². The number of amides is 2. The van der Waals surface area contributed by atoms with E-state index in [9.17, 15) is 9.59 Å². The van der Waals surface area contributed by atoms with E-state index < -0.39 is 0 Å². The van der Waals surface area contributed by atoms with Gasteiger partial charge in [0.2, 0.25) is 11.8 Å². The van der Waals surface area contributed by atoms with Crippen LogP contribution in [0.5, 0.6) is 0 Å². The normalized spacial score (nSPS) is 25.1. The molecule has 1 aromatic rings. The van der Waals surface area contributed by atoms with Gasteiger partial charge in [-0.15, -0.1) is 0 Å². The fourth-order valence-corrected chi connectivity index (χ4v) is 3.77. The zero-order chi connectivity index (χ0) is 17.3. The van der Waals surface area contributed by atoms with Crippen LogP contribution < -0.4 is 10.2 Å². The van der Waals surface area contributed by atoms with Gasteiger partial charge in [-0.2, -0.15) is 0 Å². The Hall–Kier alpha value is -1.30. The second-order valence-corrected chi connectivity index (χ2v) is 7.25. The molecule has 1 aromatic carbocycles. The third-order valence-electron chi connectivity index (χ3n) is 4.55. The van der Waals surface area contributed by atoms with Crippen LogP contribution in [-0.2, 0) is 14.3 Å². The second kappa shape index (κ2) is 7.30. The average Bonchev–Trinajstić information content (AvgIpc) is 3.15. The summed E-state index contributed by atoms with van der Waals surface area (Å²) in [4.78, 5) is 26.3. The van der Waals surface area contributed by atoms with Gasteiger partial charge in [0.05, 0.1) is 18.1 Å². The summed E-state index contributed by atoms with van der Waals surface area (Å²) >= 11 is 12.0. The van der Waals surface area contributed by atoms with Crippen LogP contribution in [-0.4, -0.2) is 37.1 Å². The van der Waals surface area contributed by atoms with Gasteiger partial charge in [0, 0.05) is 35.3 Å². The van der Waals surface area contributed by atoms with Crippen molar-refractivity contribution in [1.29, 1.82) is 0 Å². The zero-order valence-corrected chi connectivity index (χ0v) is 14.9. The molecular formula is C17H20Cl2N2O3. The van der Waals surface area contributed by atoms with Gasteiger partial charge in [-0.1, -0.05) is 23.2 Å². The molecule has 24 heavy (non-hydrogen) atoms. The Labute approximate surface area is 151 Å². The molecule has 7 heteroatoms. The lowest BCUT2D eigenvalue weighted by atomic mass is 10.1. The first-order valence-corrected chi connectivity index (χ1v) is 8.88. The van der Waals surface area contributed by atoms with Crippen LogP contribution in [0.3, 0.4) is 0 Å². The van der Waals surface area contributed by atoms with Gasteiger partial charge in [-0.3, -0.25) is 9.59 Å². The number of nitrogens with zero attached hydrogens (tertiary/aromatic N) is 1. The molecule has 0 unspecified atom stereocenters. The quantitative estimate of drug-likeness (QED) is 0.885. The van der Waals surface area contributed by atoms with Crippen molar-refractivity contribution in [3.63, 3.8) is 0 Å². The number of carbonyl (C=O) groups is 2. The molecule has 5 nitrogen and oxygen atoms in total. The highest BCUT2D eigenvalue weighted by Gasteiger charge is 2.36. The van der Waals surface area contributed by atoms with Gasteiger partial charge in [-0.25, -0.2) is 0 Å². The Balaban J connectivity index is 1.64. The second-order valence-electron chi connectivity index (χ2n) is 6.38. The van der Waals surface area contributed by atoms with Gasteiger partial charge < -0.3 is 15.0 Å². The zero-order valence-electron chi connectivity index (χ0n) is 13.4. The van der Waals surface area contributed by atoms with Crippen LogP contribution >= 0.6 is 23.2 Å². The summed E-state index contributed by atoms with van der Waals surface area (Å²) in [5.41, 5.74) is 0.625. The highest BCUT2D eigenvalue weighted by atomic mass is 35.5. The Morgan fingerprint density at radius 3 is 2.67 bits per heavy atom. The molecule has 0 radical (unpaired) electrons. The molecule has 0 spiro atoms. The molecule has 0 aliphatic carbocycles. The first kappa shape index (κ1) is 17.5. The van der Waals surface area contributed by atoms with Gasteiger partial charge >= 0.3 is 0 Å². The molecule has 2 aliphatic rings. The maximum Gasteiger partial charge on any atom is 0.227 e. The Kier molecular flexibility index (Phi) is 5.33. The van der Waals surface area contributed by atoms with Gasteiger partial charge in [0.15, 0.2) is 0 Å². The van der Waals surface area contributed by atoms with Crippen LogP contribution in [0.15, 0.2) is 18.2 Å². The van der Waals surface area contributed by atoms with Crippen molar-refractivity contribution < 1.29 is 14.3 Å². The van der Waals surface area contributed by atoms with Crippen LogP contribution in [0.25, 0.3) is 0 Å². The van der Waals surface area contributed by atoms with E-state index in [1.165, 1.54) is 0 Å². The molecular weight excluding hydrogens is 351 g/mol. The molecule has 2 heterocycles. The van der Waals surface area contributed by atoms with Crippen molar-refractivity contribution in [2.45, 2.75) is 38.3 Å². The van der Waals surface area contributed by atoms with Crippen molar-refractivity contribution >= 4 is 40.7 Å². The number of benzene rings is 1. The standard InChI is InChI=1S/C17H20Cl2N2O3/c1-10(15-3-2-4-24-15)20-17(23)11-5-16(22)21(9-11)14-7-12(18)6-13(19)8-14/h6-8,10-11,15H,2-5,9H2,1H3,(H,20,23)/t10-,11+,15+/m0/s1. The molecule has 3 rings (SSSR count). The third-order valence-corrected chi connectivity index (χ3v) is 4.98. The lowest BCUT2D eigenvalue weighted by Crippen LogP contribution is -2.44. The van der Waals surface area contributed by atoms with Crippen molar-refractivity contribution in [3.05, 3.63) is 28.2 Å². The average molecular weight is 371 g/mol. The largest absolute Gasteiger partial charge is 0.376 e. The number of rotatable bonds is 4.